The predicted molar refractivity (Wildman–Crippen MR) is 100 cm³/mol. The molecule has 4 aliphatic rings. The molecule has 3 fully saturated rings. The van der Waals surface area contributed by atoms with Gasteiger partial charge in [0.15, 0.2) is 0 Å². The summed E-state index contributed by atoms with van der Waals surface area (Å²) in [6, 6.07) is 0.787. The number of imidazole rings is 1. The second kappa shape index (κ2) is 7.61. The first-order valence-electron chi connectivity index (χ1n) is 10.8. The van der Waals surface area contributed by atoms with E-state index in [9.17, 15) is 0 Å². The van der Waals surface area contributed by atoms with Crippen molar-refractivity contribution in [1.82, 2.24) is 14.5 Å². The van der Waals surface area contributed by atoms with Crippen LogP contribution in [0.4, 0.5) is 0 Å². The Kier molecular flexibility index (Phi) is 5.03. The third kappa shape index (κ3) is 3.71. The van der Waals surface area contributed by atoms with Crippen molar-refractivity contribution >= 4 is 0 Å². The molecule has 26 heavy (non-hydrogen) atoms. The molecule has 0 bridgehead atoms. The Morgan fingerprint density at radius 3 is 2.62 bits per heavy atom. The Hall–Kier alpha value is -0.910. The molecule has 5 heteroatoms. The Labute approximate surface area is 157 Å². The number of fused-ring (bicyclic) bond motifs is 1. The summed E-state index contributed by atoms with van der Waals surface area (Å²) in [6.07, 6.45) is 11.3. The molecule has 0 spiro atoms. The van der Waals surface area contributed by atoms with Crippen LogP contribution in [-0.4, -0.2) is 53.5 Å². The lowest BCUT2D eigenvalue weighted by molar-refractivity contribution is 0.00844. The van der Waals surface area contributed by atoms with E-state index in [1.165, 1.54) is 50.0 Å². The molecule has 1 aromatic heterocycles. The molecule has 2 aliphatic heterocycles. The number of rotatable bonds is 7. The first-order chi connectivity index (χ1) is 12.9. The van der Waals surface area contributed by atoms with Crippen molar-refractivity contribution in [3.05, 3.63) is 17.7 Å². The molecule has 0 aromatic carbocycles. The Morgan fingerprint density at radius 1 is 1.04 bits per heavy atom. The summed E-state index contributed by atoms with van der Waals surface area (Å²) in [5, 5.41) is 0. The van der Waals surface area contributed by atoms with Gasteiger partial charge in [-0.15, -0.1) is 0 Å². The summed E-state index contributed by atoms with van der Waals surface area (Å²) < 4.78 is 14.2. The molecule has 144 valence electrons. The highest BCUT2D eigenvalue weighted by molar-refractivity contribution is 5.23. The zero-order valence-electron chi connectivity index (χ0n) is 15.9. The zero-order chi connectivity index (χ0) is 17.3. The highest BCUT2D eigenvalue weighted by atomic mass is 16.5. The predicted octanol–water partition coefficient (Wildman–Crippen LogP) is 3.19. The first kappa shape index (κ1) is 17.2. The van der Waals surface area contributed by atoms with Crippen molar-refractivity contribution in [2.75, 3.05) is 33.0 Å². The number of hydrogen-bond acceptors (Lipinski definition) is 4. The highest BCUT2D eigenvalue weighted by Crippen LogP contribution is 2.37. The van der Waals surface area contributed by atoms with Gasteiger partial charge in [0.05, 0.1) is 18.6 Å². The van der Waals surface area contributed by atoms with E-state index >= 15 is 0 Å². The molecule has 1 aromatic rings. The van der Waals surface area contributed by atoms with Gasteiger partial charge in [-0.3, -0.25) is 4.90 Å². The topological polar surface area (TPSA) is 39.5 Å². The maximum atomic E-state index is 6.27. The summed E-state index contributed by atoms with van der Waals surface area (Å²) in [6.45, 7) is 6.94. The van der Waals surface area contributed by atoms with Crippen molar-refractivity contribution in [2.24, 2.45) is 11.8 Å². The molecular formula is C21H33N3O2. The van der Waals surface area contributed by atoms with Crippen molar-refractivity contribution < 1.29 is 9.47 Å². The van der Waals surface area contributed by atoms with E-state index in [2.05, 4.69) is 15.8 Å². The zero-order valence-corrected chi connectivity index (χ0v) is 15.9. The number of aromatic nitrogens is 2. The quantitative estimate of drug-likeness (QED) is 0.750. The summed E-state index contributed by atoms with van der Waals surface area (Å²) in [5.74, 6) is 2.06. The van der Waals surface area contributed by atoms with E-state index in [1.54, 1.807) is 0 Å². The lowest BCUT2D eigenvalue weighted by atomic mass is 9.88. The fourth-order valence-corrected chi connectivity index (χ4v) is 4.83. The minimum Gasteiger partial charge on any atom is -0.381 e. The van der Waals surface area contributed by atoms with Gasteiger partial charge in [0.1, 0.15) is 0 Å². The SMILES string of the molecule is c1nc2c(n1CC1CC1)C(COCC1CCOCC1)CN(C1CCC1)C2. The average Bonchev–Trinajstić information content (AvgIpc) is 3.33. The van der Waals surface area contributed by atoms with Crippen LogP contribution in [0.1, 0.15) is 62.3 Å². The minimum absolute atomic E-state index is 0.487. The van der Waals surface area contributed by atoms with E-state index in [0.717, 1.165) is 64.3 Å². The molecule has 1 unspecified atom stereocenters. The lowest BCUT2D eigenvalue weighted by Crippen LogP contribution is -2.45. The van der Waals surface area contributed by atoms with Gasteiger partial charge in [0.2, 0.25) is 0 Å². The maximum Gasteiger partial charge on any atom is 0.0952 e. The van der Waals surface area contributed by atoms with Gasteiger partial charge in [-0.1, -0.05) is 6.42 Å². The molecule has 3 heterocycles. The number of nitrogens with zero attached hydrogens (tertiary/aromatic N) is 3. The number of ether oxygens (including phenoxy) is 2. The molecule has 1 saturated heterocycles. The second-order valence-electron chi connectivity index (χ2n) is 8.98. The molecule has 0 N–H and O–H groups in total. The third-order valence-corrected chi connectivity index (χ3v) is 6.91. The first-order valence-corrected chi connectivity index (χ1v) is 10.8. The van der Waals surface area contributed by atoms with Gasteiger partial charge in [-0.05, 0) is 50.4 Å². The van der Waals surface area contributed by atoms with Crippen molar-refractivity contribution in [2.45, 2.75) is 70.0 Å². The van der Waals surface area contributed by atoms with Crippen molar-refractivity contribution in [1.29, 1.82) is 0 Å². The normalized spacial score (nSPS) is 28.1. The van der Waals surface area contributed by atoms with Crippen LogP contribution in [0.3, 0.4) is 0 Å². The fraction of sp³-hybridized carbons (Fsp3) is 0.857. The van der Waals surface area contributed by atoms with E-state index in [1.807, 2.05) is 0 Å². The van der Waals surface area contributed by atoms with Gasteiger partial charge in [0.25, 0.3) is 0 Å². The standard InChI is InChI=1S/C21H33N3O2/c1-2-19(3-1)23-11-18(14-26-13-17-6-8-25-9-7-17)21-20(12-23)22-15-24(21)10-16-4-5-16/h15-19H,1-14H2. The van der Waals surface area contributed by atoms with E-state index in [4.69, 9.17) is 14.5 Å². The second-order valence-corrected chi connectivity index (χ2v) is 8.98. The van der Waals surface area contributed by atoms with Crippen LogP contribution in [0.25, 0.3) is 0 Å². The molecule has 5 rings (SSSR count). The Bertz CT molecular complexity index is 602. The Morgan fingerprint density at radius 2 is 1.88 bits per heavy atom. The molecule has 0 amide bonds. The van der Waals surface area contributed by atoms with Crippen molar-refractivity contribution in [3.63, 3.8) is 0 Å². The van der Waals surface area contributed by atoms with Crippen LogP contribution in [0, 0.1) is 11.8 Å². The van der Waals surface area contributed by atoms with Crippen LogP contribution < -0.4 is 0 Å². The van der Waals surface area contributed by atoms with Crippen LogP contribution in [-0.2, 0) is 22.6 Å². The highest BCUT2D eigenvalue weighted by Gasteiger charge is 2.36. The van der Waals surface area contributed by atoms with E-state index in [0.29, 0.717) is 11.8 Å². The van der Waals surface area contributed by atoms with Crippen LogP contribution in [0.5, 0.6) is 0 Å². The molecule has 2 aliphatic carbocycles. The molecule has 1 atom stereocenters. The number of hydrogen-bond donors (Lipinski definition) is 0. The Balaban J connectivity index is 1.26. The van der Waals surface area contributed by atoms with E-state index < -0.39 is 0 Å². The maximum absolute atomic E-state index is 6.27. The monoisotopic (exact) mass is 359 g/mol. The summed E-state index contributed by atoms with van der Waals surface area (Å²) >= 11 is 0. The average molecular weight is 360 g/mol. The van der Waals surface area contributed by atoms with E-state index in [-0.39, 0.29) is 0 Å². The van der Waals surface area contributed by atoms with Crippen LogP contribution in [0.2, 0.25) is 0 Å². The molecule has 5 nitrogen and oxygen atoms in total. The van der Waals surface area contributed by atoms with Gasteiger partial charge in [-0.25, -0.2) is 4.98 Å². The van der Waals surface area contributed by atoms with Gasteiger partial charge in [0, 0.05) is 57.1 Å². The largest absolute Gasteiger partial charge is 0.381 e. The van der Waals surface area contributed by atoms with Gasteiger partial charge >= 0.3 is 0 Å². The summed E-state index contributed by atoms with van der Waals surface area (Å²) in [5.41, 5.74) is 2.81. The third-order valence-electron chi connectivity index (χ3n) is 6.91. The minimum atomic E-state index is 0.487. The smallest absolute Gasteiger partial charge is 0.0952 e. The van der Waals surface area contributed by atoms with Gasteiger partial charge < -0.3 is 14.0 Å². The van der Waals surface area contributed by atoms with Crippen molar-refractivity contribution in [3.8, 4) is 0 Å². The molecule has 0 radical (unpaired) electrons. The van der Waals surface area contributed by atoms with Crippen LogP contribution in [0.15, 0.2) is 6.33 Å². The van der Waals surface area contributed by atoms with Gasteiger partial charge in [-0.2, -0.15) is 0 Å². The lowest BCUT2D eigenvalue weighted by Gasteiger charge is -2.42. The fourth-order valence-electron chi connectivity index (χ4n) is 4.83. The molecule has 2 saturated carbocycles. The summed E-state index contributed by atoms with van der Waals surface area (Å²) in [4.78, 5) is 7.51. The van der Waals surface area contributed by atoms with Crippen LogP contribution >= 0.6 is 0 Å². The molecular weight excluding hydrogens is 326 g/mol. The summed E-state index contributed by atoms with van der Waals surface area (Å²) in [7, 11) is 0.